The summed E-state index contributed by atoms with van der Waals surface area (Å²) in [5, 5.41) is 9.77. The zero-order chi connectivity index (χ0) is 19.8. The molecule has 1 N–H and O–H groups in total. The Bertz CT molecular complexity index is 756. The minimum absolute atomic E-state index is 0.357. The third-order valence-corrected chi connectivity index (χ3v) is 5.31. The monoisotopic (exact) mass is 383 g/mol. The second-order valence-corrected chi connectivity index (χ2v) is 7.20. The molecule has 0 aliphatic carbocycles. The lowest BCUT2D eigenvalue weighted by Crippen LogP contribution is -2.33. The first-order chi connectivity index (χ1) is 13.7. The minimum atomic E-state index is -0.840. The van der Waals surface area contributed by atoms with Crippen LogP contribution >= 0.6 is 0 Å². The third-order valence-electron chi connectivity index (χ3n) is 5.31. The molecule has 150 valence electrons. The van der Waals surface area contributed by atoms with Crippen LogP contribution in [-0.2, 0) is 11.2 Å². The highest BCUT2D eigenvalue weighted by Crippen LogP contribution is 2.34. The van der Waals surface area contributed by atoms with Gasteiger partial charge in [-0.25, -0.2) is 0 Å². The van der Waals surface area contributed by atoms with Gasteiger partial charge in [0, 0.05) is 6.54 Å². The number of hydrogen-bond acceptors (Lipinski definition) is 4. The molecule has 0 radical (unpaired) electrons. The van der Waals surface area contributed by atoms with E-state index in [9.17, 15) is 9.90 Å². The van der Waals surface area contributed by atoms with E-state index in [1.54, 1.807) is 7.11 Å². The number of carboxylic acid groups (broad SMARTS) is 1. The highest BCUT2D eigenvalue weighted by molar-refractivity contribution is 5.76. The number of ether oxygens (including phenoxy) is 2. The van der Waals surface area contributed by atoms with Crippen molar-refractivity contribution in [1.29, 1.82) is 0 Å². The molecule has 0 bridgehead atoms. The first-order valence-corrected chi connectivity index (χ1v) is 9.98. The topological polar surface area (TPSA) is 59.0 Å². The van der Waals surface area contributed by atoms with Crippen LogP contribution in [0.3, 0.4) is 0 Å². The number of para-hydroxylation sites is 1. The largest absolute Gasteiger partial charge is 0.493 e. The summed E-state index contributed by atoms with van der Waals surface area (Å²) in [4.78, 5) is 14.3. The number of nitrogens with zero attached hydrogens (tertiary/aromatic N) is 1. The van der Waals surface area contributed by atoms with Crippen LogP contribution in [0.4, 0.5) is 0 Å². The summed E-state index contributed by atoms with van der Waals surface area (Å²) >= 11 is 0. The van der Waals surface area contributed by atoms with Gasteiger partial charge in [0.05, 0.1) is 13.0 Å². The van der Waals surface area contributed by atoms with E-state index in [2.05, 4.69) is 4.90 Å². The van der Waals surface area contributed by atoms with Gasteiger partial charge in [0.25, 0.3) is 0 Å². The van der Waals surface area contributed by atoms with Gasteiger partial charge in [-0.2, -0.15) is 0 Å². The van der Waals surface area contributed by atoms with Crippen molar-refractivity contribution in [3.8, 4) is 11.5 Å². The highest BCUT2D eigenvalue weighted by atomic mass is 16.5. The lowest BCUT2D eigenvalue weighted by molar-refractivity contribution is -0.138. The van der Waals surface area contributed by atoms with Crippen LogP contribution in [0.1, 0.15) is 36.3 Å². The first kappa shape index (κ1) is 20.2. The zero-order valence-corrected chi connectivity index (χ0v) is 16.5. The quantitative estimate of drug-likeness (QED) is 0.710. The van der Waals surface area contributed by atoms with Gasteiger partial charge >= 0.3 is 5.97 Å². The van der Waals surface area contributed by atoms with Crippen LogP contribution in [0.25, 0.3) is 0 Å². The maximum atomic E-state index is 11.9. The molecule has 1 heterocycles. The van der Waals surface area contributed by atoms with Gasteiger partial charge in [0.15, 0.2) is 11.5 Å². The van der Waals surface area contributed by atoms with Crippen molar-refractivity contribution < 1.29 is 19.4 Å². The molecule has 1 saturated heterocycles. The normalized spacial score (nSPS) is 15.8. The Labute approximate surface area is 166 Å². The van der Waals surface area contributed by atoms with Crippen molar-refractivity contribution >= 4 is 5.97 Å². The van der Waals surface area contributed by atoms with Gasteiger partial charge in [-0.15, -0.1) is 0 Å². The Kier molecular flexibility index (Phi) is 7.31. The Hall–Kier alpha value is -2.53. The zero-order valence-electron chi connectivity index (χ0n) is 16.5. The molecule has 1 unspecified atom stereocenters. The third kappa shape index (κ3) is 5.26. The Morgan fingerprint density at radius 2 is 1.82 bits per heavy atom. The van der Waals surface area contributed by atoms with Gasteiger partial charge < -0.3 is 14.6 Å². The first-order valence-electron chi connectivity index (χ1n) is 9.98. The van der Waals surface area contributed by atoms with Crippen molar-refractivity contribution in [2.45, 2.75) is 31.6 Å². The number of benzene rings is 2. The van der Waals surface area contributed by atoms with Gasteiger partial charge in [-0.3, -0.25) is 9.69 Å². The lowest BCUT2D eigenvalue weighted by atomic mass is 9.91. The second kappa shape index (κ2) is 10.1. The molecule has 0 aromatic heterocycles. The van der Waals surface area contributed by atoms with Gasteiger partial charge in [0.2, 0.25) is 0 Å². The molecule has 0 amide bonds. The van der Waals surface area contributed by atoms with E-state index >= 15 is 0 Å². The van der Waals surface area contributed by atoms with Crippen LogP contribution in [0.2, 0.25) is 0 Å². The molecule has 1 aliphatic rings. The molecule has 1 atom stereocenters. The molecule has 3 rings (SSSR count). The van der Waals surface area contributed by atoms with E-state index in [4.69, 9.17) is 9.47 Å². The predicted octanol–water partition coefficient (Wildman–Crippen LogP) is 3.97. The molecule has 2 aromatic carbocycles. The molecule has 0 saturated carbocycles. The summed E-state index contributed by atoms with van der Waals surface area (Å²) in [6.07, 6.45) is 4.16. The Morgan fingerprint density at radius 1 is 1.07 bits per heavy atom. The molecular formula is C23H29NO4. The summed E-state index contributed by atoms with van der Waals surface area (Å²) in [5.41, 5.74) is 1.64. The SMILES string of the molecule is COc1cccc(CC(C(=O)O)c2ccccc2)c1OCCN1CCCCC1. The summed E-state index contributed by atoms with van der Waals surface area (Å²) < 4.78 is 11.6. The average molecular weight is 383 g/mol. The lowest BCUT2D eigenvalue weighted by Gasteiger charge is -2.26. The van der Waals surface area contributed by atoms with E-state index in [0.29, 0.717) is 24.5 Å². The number of carbonyl (C=O) groups is 1. The molecule has 1 fully saturated rings. The molecule has 5 nitrogen and oxygen atoms in total. The minimum Gasteiger partial charge on any atom is -0.493 e. The van der Waals surface area contributed by atoms with Crippen LogP contribution in [0, 0.1) is 0 Å². The van der Waals surface area contributed by atoms with E-state index in [1.807, 2.05) is 48.5 Å². The van der Waals surface area contributed by atoms with Gasteiger partial charge in [0.1, 0.15) is 6.61 Å². The van der Waals surface area contributed by atoms with Crippen LogP contribution in [-0.4, -0.2) is 49.3 Å². The highest BCUT2D eigenvalue weighted by Gasteiger charge is 2.23. The molecule has 2 aromatic rings. The van der Waals surface area contributed by atoms with E-state index in [0.717, 1.165) is 30.8 Å². The number of methoxy groups -OCH3 is 1. The van der Waals surface area contributed by atoms with E-state index in [1.165, 1.54) is 19.3 Å². The summed E-state index contributed by atoms with van der Waals surface area (Å²) in [6, 6.07) is 15.0. The van der Waals surface area contributed by atoms with Crippen LogP contribution in [0.5, 0.6) is 11.5 Å². The Morgan fingerprint density at radius 3 is 2.50 bits per heavy atom. The number of hydrogen-bond donors (Lipinski definition) is 1. The second-order valence-electron chi connectivity index (χ2n) is 7.20. The van der Waals surface area contributed by atoms with Crippen LogP contribution in [0.15, 0.2) is 48.5 Å². The smallest absolute Gasteiger partial charge is 0.311 e. The number of piperidine rings is 1. The van der Waals surface area contributed by atoms with Crippen molar-refractivity contribution in [3.63, 3.8) is 0 Å². The number of likely N-dealkylation sites (tertiary alicyclic amines) is 1. The summed E-state index contributed by atoms with van der Waals surface area (Å²) in [7, 11) is 1.61. The van der Waals surface area contributed by atoms with Crippen LogP contribution < -0.4 is 9.47 Å². The van der Waals surface area contributed by atoms with E-state index < -0.39 is 11.9 Å². The molecule has 0 spiro atoms. The number of aliphatic carboxylic acids is 1. The molecule has 1 aliphatic heterocycles. The fourth-order valence-electron chi connectivity index (χ4n) is 3.76. The average Bonchev–Trinajstić information content (AvgIpc) is 2.73. The van der Waals surface area contributed by atoms with Crippen molar-refractivity contribution in [2.75, 3.05) is 33.4 Å². The van der Waals surface area contributed by atoms with Crippen molar-refractivity contribution in [1.82, 2.24) is 4.90 Å². The maximum Gasteiger partial charge on any atom is 0.311 e. The predicted molar refractivity (Wildman–Crippen MR) is 109 cm³/mol. The van der Waals surface area contributed by atoms with E-state index in [-0.39, 0.29) is 0 Å². The summed E-state index contributed by atoms with van der Waals surface area (Å²) in [6.45, 7) is 3.68. The fourth-order valence-corrected chi connectivity index (χ4v) is 3.76. The van der Waals surface area contributed by atoms with Gasteiger partial charge in [-0.05, 0) is 49.5 Å². The summed E-state index contributed by atoms with van der Waals surface area (Å²) in [5.74, 6) is -0.163. The molecule has 5 heteroatoms. The fraction of sp³-hybridized carbons (Fsp3) is 0.435. The maximum absolute atomic E-state index is 11.9. The number of carboxylic acids is 1. The van der Waals surface area contributed by atoms with Crippen molar-refractivity contribution in [2.24, 2.45) is 0 Å². The Balaban J connectivity index is 1.75. The molecule has 28 heavy (non-hydrogen) atoms. The van der Waals surface area contributed by atoms with Crippen molar-refractivity contribution in [3.05, 3.63) is 59.7 Å². The molecular weight excluding hydrogens is 354 g/mol. The van der Waals surface area contributed by atoms with Gasteiger partial charge in [-0.1, -0.05) is 48.9 Å². The number of rotatable bonds is 9. The standard InChI is InChI=1S/C23H29NO4/c1-27-21-12-8-11-19(17-20(23(25)26)18-9-4-2-5-10-18)22(21)28-16-15-24-13-6-3-7-14-24/h2,4-5,8-12,20H,3,6-7,13-17H2,1H3,(H,25,26).